The zero-order valence-electron chi connectivity index (χ0n) is 15.3. The molecule has 7 heteroatoms. The monoisotopic (exact) mass is 369 g/mol. The summed E-state index contributed by atoms with van der Waals surface area (Å²) in [6.07, 6.45) is 1.52. The second-order valence-electron chi connectivity index (χ2n) is 7.33. The van der Waals surface area contributed by atoms with Gasteiger partial charge in [-0.3, -0.25) is 9.59 Å². The number of benzene rings is 1. The summed E-state index contributed by atoms with van der Waals surface area (Å²) in [4.78, 5) is 40.3. The maximum Gasteiger partial charge on any atom is 0.368 e. The van der Waals surface area contributed by atoms with Crippen molar-refractivity contribution < 1.29 is 28.9 Å². The molecule has 7 nitrogen and oxygen atoms in total. The van der Waals surface area contributed by atoms with Crippen LogP contribution in [0.15, 0.2) is 47.1 Å². The van der Waals surface area contributed by atoms with Crippen molar-refractivity contribution in [2.45, 2.75) is 25.4 Å². The van der Waals surface area contributed by atoms with Gasteiger partial charge >= 0.3 is 5.97 Å². The van der Waals surface area contributed by atoms with Gasteiger partial charge in [0.25, 0.3) is 0 Å². The number of methoxy groups -OCH3 is 1. The van der Waals surface area contributed by atoms with Crippen LogP contribution in [0.3, 0.4) is 0 Å². The maximum atomic E-state index is 13.3. The van der Waals surface area contributed by atoms with E-state index < -0.39 is 29.4 Å². The van der Waals surface area contributed by atoms with Crippen molar-refractivity contribution in [3.05, 3.63) is 54.0 Å². The molecule has 2 aliphatic rings. The number of quaternary nitrogens is 1. The molecule has 0 unspecified atom stereocenters. The van der Waals surface area contributed by atoms with Crippen LogP contribution in [0.5, 0.6) is 0 Å². The van der Waals surface area contributed by atoms with Crippen LogP contribution >= 0.6 is 0 Å². The molecule has 0 bridgehead atoms. The molecule has 2 N–H and O–H groups in total. The van der Waals surface area contributed by atoms with Gasteiger partial charge in [-0.2, -0.15) is 0 Å². The number of ether oxygens (including phenoxy) is 1. The van der Waals surface area contributed by atoms with E-state index in [-0.39, 0.29) is 11.8 Å². The van der Waals surface area contributed by atoms with Crippen LogP contribution in [0.1, 0.15) is 24.3 Å². The SMILES string of the molecule is COC(=O)[C@]1(C)[NH2+][C@@H](c2ccco2)[C@H]2C(=O)N(c3ccc(C)cc3)C(=O)[C@@H]21. The summed E-state index contributed by atoms with van der Waals surface area (Å²) in [6, 6.07) is 10.2. The lowest BCUT2D eigenvalue weighted by molar-refractivity contribution is -0.732. The number of imide groups is 1. The molecule has 0 saturated carbocycles. The lowest BCUT2D eigenvalue weighted by atomic mass is 9.81. The Morgan fingerprint density at radius 3 is 2.48 bits per heavy atom. The Hall–Kier alpha value is -2.93. The second kappa shape index (κ2) is 6.06. The number of furan rings is 1. The van der Waals surface area contributed by atoms with Gasteiger partial charge in [0.15, 0.2) is 11.8 Å². The summed E-state index contributed by atoms with van der Waals surface area (Å²) in [7, 11) is 1.29. The quantitative estimate of drug-likeness (QED) is 0.642. The number of rotatable bonds is 3. The molecule has 2 fully saturated rings. The smallest absolute Gasteiger partial charge is 0.368 e. The molecular weight excluding hydrogens is 348 g/mol. The number of fused-ring (bicyclic) bond motifs is 1. The molecule has 4 rings (SSSR count). The van der Waals surface area contributed by atoms with Crippen LogP contribution in [0.25, 0.3) is 0 Å². The molecule has 0 spiro atoms. The van der Waals surface area contributed by atoms with E-state index in [1.54, 1.807) is 36.5 Å². The van der Waals surface area contributed by atoms with E-state index in [0.29, 0.717) is 11.4 Å². The fourth-order valence-electron chi connectivity index (χ4n) is 4.37. The maximum absolute atomic E-state index is 13.3. The Kier molecular flexibility index (Phi) is 3.92. The van der Waals surface area contributed by atoms with Crippen LogP contribution in [0.4, 0.5) is 5.69 Å². The number of carbonyl (C=O) groups is 3. The normalized spacial score (nSPS) is 29.9. The van der Waals surface area contributed by atoms with Crippen molar-refractivity contribution in [1.82, 2.24) is 0 Å². The van der Waals surface area contributed by atoms with E-state index in [1.807, 2.05) is 19.1 Å². The molecule has 2 saturated heterocycles. The molecule has 0 radical (unpaired) electrons. The first-order valence-electron chi connectivity index (χ1n) is 8.81. The minimum absolute atomic E-state index is 0.320. The zero-order valence-corrected chi connectivity index (χ0v) is 15.3. The van der Waals surface area contributed by atoms with Crippen LogP contribution in [-0.2, 0) is 19.1 Å². The van der Waals surface area contributed by atoms with Crippen LogP contribution < -0.4 is 10.2 Å². The third-order valence-corrected chi connectivity index (χ3v) is 5.70. The lowest BCUT2D eigenvalue weighted by Crippen LogP contribution is -2.97. The van der Waals surface area contributed by atoms with E-state index in [1.165, 1.54) is 18.3 Å². The highest BCUT2D eigenvalue weighted by Crippen LogP contribution is 2.45. The molecule has 0 aliphatic carbocycles. The Balaban J connectivity index is 1.81. The van der Waals surface area contributed by atoms with Gasteiger partial charge in [-0.05, 0) is 31.2 Å². The van der Waals surface area contributed by atoms with Crippen LogP contribution in [0, 0.1) is 18.8 Å². The predicted molar refractivity (Wildman–Crippen MR) is 94.4 cm³/mol. The minimum Gasteiger partial charge on any atom is -0.464 e. The van der Waals surface area contributed by atoms with Crippen LogP contribution in [-0.4, -0.2) is 30.4 Å². The summed E-state index contributed by atoms with van der Waals surface area (Å²) in [5.74, 6) is -2.20. The highest BCUT2D eigenvalue weighted by Gasteiger charge is 2.71. The number of nitrogens with zero attached hydrogens (tertiary/aromatic N) is 1. The van der Waals surface area contributed by atoms with E-state index in [0.717, 1.165) is 5.56 Å². The van der Waals surface area contributed by atoms with Crippen molar-refractivity contribution in [1.29, 1.82) is 0 Å². The van der Waals surface area contributed by atoms with Gasteiger partial charge in [-0.15, -0.1) is 0 Å². The zero-order chi connectivity index (χ0) is 19.3. The van der Waals surface area contributed by atoms with E-state index in [2.05, 4.69) is 0 Å². The largest absolute Gasteiger partial charge is 0.464 e. The van der Waals surface area contributed by atoms with Gasteiger partial charge in [0.2, 0.25) is 17.4 Å². The number of anilines is 1. The molecule has 2 aromatic rings. The molecule has 1 aromatic carbocycles. The molecule has 1 aromatic heterocycles. The van der Waals surface area contributed by atoms with Crippen molar-refractivity contribution in [3.8, 4) is 0 Å². The van der Waals surface area contributed by atoms with Gasteiger partial charge in [0.1, 0.15) is 11.8 Å². The number of carbonyl (C=O) groups excluding carboxylic acids is 3. The predicted octanol–water partition coefficient (Wildman–Crippen LogP) is 0.944. The minimum atomic E-state index is -1.21. The van der Waals surface area contributed by atoms with Gasteiger partial charge in [-0.1, -0.05) is 17.7 Å². The number of nitrogens with two attached hydrogens (primary N) is 1. The highest BCUT2D eigenvalue weighted by molar-refractivity contribution is 6.23. The van der Waals surface area contributed by atoms with Gasteiger partial charge in [0, 0.05) is 6.92 Å². The molecule has 3 heterocycles. The molecule has 27 heavy (non-hydrogen) atoms. The average molecular weight is 369 g/mol. The third kappa shape index (κ3) is 2.42. The van der Waals surface area contributed by atoms with Gasteiger partial charge in [0.05, 0.1) is 19.1 Å². The van der Waals surface area contributed by atoms with E-state index in [4.69, 9.17) is 9.15 Å². The molecule has 2 amide bonds. The Morgan fingerprint density at radius 2 is 1.89 bits per heavy atom. The van der Waals surface area contributed by atoms with E-state index in [9.17, 15) is 14.4 Å². The fourth-order valence-corrected chi connectivity index (χ4v) is 4.37. The molecule has 4 atom stereocenters. The second-order valence-corrected chi connectivity index (χ2v) is 7.33. The van der Waals surface area contributed by atoms with Crippen molar-refractivity contribution in [2.24, 2.45) is 11.8 Å². The number of hydrogen-bond donors (Lipinski definition) is 1. The number of esters is 1. The fraction of sp³-hybridized carbons (Fsp3) is 0.350. The first-order chi connectivity index (χ1) is 12.9. The first-order valence-corrected chi connectivity index (χ1v) is 8.81. The van der Waals surface area contributed by atoms with Crippen molar-refractivity contribution in [3.63, 3.8) is 0 Å². The summed E-state index contributed by atoms with van der Waals surface area (Å²) in [6.45, 7) is 3.59. The molecule has 140 valence electrons. The van der Waals surface area contributed by atoms with Gasteiger partial charge < -0.3 is 14.5 Å². The summed E-state index contributed by atoms with van der Waals surface area (Å²) in [5, 5.41) is 1.73. The van der Waals surface area contributed by atoms with Gasteiger partial charge in [-0.25, -0.2) is 9.69 Å². The average Bonchev–Trinajstić information content (AvgIpc) is 3.34. The summed E-state index contributed by atoms with van der Waals surface area (Å²) >= 11 is 0. The topological polar surface area (TPSA) is 93.4 Å². The third-order valence-electron chi connectivity index (χ3n) is 5.70. The summed E-state index contributed by atoms with van der Waals surface area (Å²) in [5.41, 5.74) is 0.331. The lowest BCUT2D eigenvalue weighted by Gasteiger charge is -2.25. The van der Waals surface area contributed by atoms with Crippen molar-refractivity contribution in [2.75, 3.05) is 12.0 Å². The Morgan fingerprint density at radius 1 is 1.19 bits per heavy atom. The van der Waals surface area contributed by atoms with Crippen LogP contribution in [0.2, 0.25) is 0 Å². The molecular formula is C20H21N2O5+. The molecule has 2 aliphatic heterocycles. The summed E-state index contributed by atoms with van der Waals surface area (Å²) < 4.78 is 10.5. The number of amides is 2. The highest BCUT2D eigenvalue weighted by atomic mass is 16.5. The Labute approximate surface area is 156 Å². The van der Waals surface area contributed by atoms with Crippen molar-refractivity contribution >= 4 is 23.5 Å². The number of aryl methyl sites for hydroxylation is 1. The standard InChI is InChI=1S/C20H20N2O5/c1-11-6-8-12(9-7-11)22-17(23)14-15(18(22)24)20(2,19(25)26-3)21-16(14)13-5-4-10-27-13/h4-10,14-16,21H,1-3H3/p+1/t14-,15+,16-,20+/m0/s1. The van der Waals surface area contributed by atoms with E-state index >= 15 is 0 Å². The first kappa shape index (κ1) is 17.5. The number of hydrogen-bond acceptors (Lipinski definition) is 5. The Bertz CT molecular complexity index is 905.